The summed E-state index contributed by atoms with van der Waals surface area (Å²) < 4.78 is 5.51. The molecular weight excluding hydrogens is 366 g/mol. The standard InChI is InChI=1S/C23H29N3O3/c1-29-22-12-19(24-18-7-3-2-6-17(18)22)23(28)26-13-15-10-20(25-8-4-5-9-25)21(27)11-16(15)14-26/h2-3,6-7,12,15-16,20-21,27H,4-5,8-11,13-14H2,1H3/t15-,16+,20-,21-/m1/s1. The van der Waals surface area contributed by atoms with Crippen molar-refractivity contribution in [1.82, 2.24) is 14.8 Å². The summed E-state index contributed by atoms with van der Waals surface area (Å²) >= 11 is 0. The second kappa shape index (κ2) is 7.58. The Labute approximate surface area is 171 Å². The molecule has 1 amide bonds. The number of pyridine rings is 1. The van der Waals surface area contributed by atoms with E-state index in [9.17, 15) is 9.90 Å². The number of hydrogen-bond acceptors (Lipinski definition) is 5. The number of nitrogens with zero attached hydrogens (tertiary/aromatic N) is 3. The molecule has 154 valence electrons. The number of amides is 1. The van der Waals surface area contributed by atoms with Crippen LogP contribution in [0.1, 0.15) is 36.2 Å². The lowest BCUT2D eigenvalue weighted by molar-refractivity contribution is -0.000864. The van der Waals surface area contributed by atoms with Crippen LogP contribution in [0, 0.1) is 11.8 Å². The predicted molar refractivity (Wildman–Crippen MR) is 111 cm³/mol. The summed E-state index contributed by atoms with van der Waals surface area (Å²) in [6.45, 7) is 3.67. The number of likely N-dealkylation sites (tertiary alicyclic amines) is 2. The number of para-hydroxylation sites is 1. The number of ether oxygens (including phenoxy) is 1. The molecule has 3 heterocycles. The van der Waals surface area contributed by atoms with Crippen molar-refractivity contribution < 1.29 is 14.6 Å². The van der Waals surface area contributed by atoms with E-state index in [-0.39, 0.29) is 18.1 Å². The number of benzene rings is 1. The van der Waals surface area contributed by atoms with Gasteiger partial charge >= 0.3 is 0 Å². The fourth-order valence-electron chi connectivity index (χ4n) is 5.62. The van der Waals surface area contributed by atoms with Gasteiger partial charge in [0, 0.05) is 30.6 Å². The SMILES string of the molecule is COc1cc(C(=O)N2C[C@H]3C[C@@H](N4CCCC4)[C@H](O)C[C@H]3C2)nc2ccccc12. The zero-order valence-electron chi connectivity index (χ0n) is 17.0. The van der Waals surface area contributed by atoms with Crippen molar-refractivity contribution in [2.45, 2.75) is 37.8 Å². The number of hydrogen-bond donors (Lipinski definition) is 1. The van der Waals surface area contributed by atoms with Gasteiger partial charge in [0.15, 0.2) is 0 Å². The summed E-state index contributed by atoms with van der Waals surface area (Å²) in [6, 6.07) is 9.76. The fraction of sp³-hybridized carbons (Fsp3) is 0.565. The molecule has 0 radical (unpaired) electrons. The summed E-state index contributed by atoms with van der Waals surface area (Å²) in [5.41, 5.74) is 1.21. The maximum atomic E-state index is 13.3. The van der Waals surface area contributed by atoms with E-state index < -0.39 is 0 Å². The van der Waals surface area contributed by atoms with Crippen molar-refractivity contribution in [2.75, 3.05) is 33.3 Å². The Morgan fingerprint density at radius 2 is 1.86 bits per heavy atom. The molecule has 1 aromatic carbocycles. The number of fused-ring (bicyclic) bond motifs is 2. The quantitative estimate of drug-likeness (QED) is 0.865. The average molecular weight is 396 g/mol. The van der Waals surface area contributed by atoms with E-state index in [1.807, 2.05) is 29.2 Å². The Kier molecular flexibility index (Phi) is 4.92. The van der Waals surface area contributed by atoms with Crippen LogP contribution in [-0.2, 0) is 0 Å². The first kappa shape index (κ1) is 18.8. The maximum Gasteiger partial charge on any atom is 0.272 e. The van der Waals surface area contributed by atoms with Gasteiger partial charge in [0.25, 0.3) is 5.91 Å². The van der Waals surface area contributed by atoms with Gasteiger partial charge in [-0.25, -0.2) is 4.98 Å². The molecule has 3 aliphatic rings. The molecule has 1 N–H and O–H groups in total. The fourth-order valence-corrected chi connectivity index (χ4v) is 5.62. The highest BCUT2D eigenvalue weighted by Crippen LogP contribution is 2.39. The Balaban J connectivity index is 1.35. The second-order valence-corrected chi connectivity index (χ2v) is 8.81. The van der Waals surface area contributed by atoms with Gasteiger partial charge in [-0.3, -0.25) is 9.69 Å². The third kappa shape index (κ3) is 3.38. The van der Waals surface area contributed by atoms with Gasteiger partial charge in [-0.2, -0.15) is 0 Å². The van der Waals surface area contributed by atoms with E-state index in [2.05, 4.69) is 9.88 Å². The number of carbonyl (C=O) groups excluding carboxylic acids is 1. The van der Waals surface area contributed by atoms with E-state index in [0.29, 0.717) is 29.8 Å². The Morgan fingerprint density at radius 1 is 1.14 bits per heavy atom. The lowest BCUT2D eigenvalue weighted by Crippen LogP contribution is -2.48. The molecule has 1 saturated carbocycles. The van der Waals surface area contributed by atoms with E-state index in [0.717, 1.165) is 43.4 Å². The summed E-state index contributed by atoms with van der Waals surface area (Å²) in [4.78, 5) is 22.3. The van der Waals surface area contributed by atoms with E-state index >= 15 is 0 Å². The third-order valence-electron chi connectivity index (χ3n) is 7.12. The molecule has 0 bridgehead atoms. The third-order valence-corrected chi connectivity index (χ3v) is 7.12. The van der Waals surface area contributed by atoms with E-state index in [1.54, 1.807) is 13.2 Å². The molecule has 2 saturated heterocycles. The number of aromatic nitrogens is 1. The van der Waals surface area contributed by atoms with Crippen LogP contribution >= 0.6 is 0 Å². The second-order valence-electron chi connectivity index (χ2n) is 8.81. The zero-order chi connectivity index (χ0) is 20.0. The highest BCUT2D eigenvalue weighted by molar-refractivity contribution is 5.97. The summed E-state index contributed by atoms with van der Waals surface area (Å²) in [7, 11) is 1.63. The van der Waals surface area contributed by atoms with Gasteiger partial charge < -0.3 is 14.7 Å². The molecule has 3 fully saturated rings. The van der Waals surface area contributed by atoms with Crippen molar-refractivity contribution >= 4 is 16.8 Å². The normalized spacial score (nSPS) is 29.9. The zero-order valence-corrected chi connectivity index (χ0v) is 17.0. The maximum absolute atomic E-state index is 13.3. The molecule has 1 aromatic heterocycles. The molecule has 29 heavy (non-hydrogen) atoms. The van der Waals surface area contributed by atoms with Crippen molar-refractivity contribution in [3.05, 3.63) is 36.0 Å². The highest BCUT2D eigenvalue weighted by atomic mass is 16.5. The number of aliphatic hydroxyl groups is 1. The van der Waals surface area contributed by atoms with Crippen molar-refractivity contribution in [3.63, 3.8) is 0 Å². The minimum absolute atomic E-state index is 0.0318. The lowest BCUT2D eigenvalue weighted by atomic mass is 9.77. The minimum Gasteiger partial charge on any atom is -0.496 e. The summed E-state index contributed by atoms with van der Waals surface area (Å²) in [5, 5.41) is 11.6. The van der Waals surface area contributed by atoms with Crippen LogP contribution in [0.15, 0.2) is 30.3 Å². The lowest BCUT2D eigenvalue weighted by Gasteiger charge is -2.40. The molecule has 0 spiro atoms. The number of carbonyl (C=O) groups is 1. The number of aliphatic hydroxyl groups excluding tert-OH is 1. The van der Waals surface area contributed by atoms with Gasteiger partial charge in [-0.05, 0) is 62.7 Å². The van der Waals surface area contributed by atoms with Gasteiger partial charge in [-0.1, -0.05) is 12.1 Å². The largest absolute Gasteiger partial charge is 0.496 e. The Bertz CT molecular complexity index is 911. The van der Waals surface area contributed by atoms with Gasteiger partial charge in [0.05, 0.1) is 18.7 Å². The molecule has 4 atom stereocenters. The van der Waals surface area contributed by atoms with Crippen LogP contribution in [0.3, 0.4) is 0 Å². The molecule has 0 unspecified atom stereocenters. The number of methoxy groups -OCH3 is 1. The molecule has 5 rings (SSSR count). The Morgan fingerprint density at radius 3 is 2.62 bits per heavy atom. The summed E-state index contributed by atoms with van der Waals surface area (Å²) in [6.07, 6.45) is 3.98. The Hall–Kier alpha value is -2.18. The van der Waals surface area contributed by atoms with Gasteiger partial charge in [0.2, 0.25) is 0 Å². The van der Waals surface area contributed by atoms with Gasteiger partial charge in [0.1, 0.15) is 11.4 Å². The molecular formula is C23H29N3O3. The van der Waals surface area contributed by atoms with Crippen LogP contribution in [0.2, 0.25) is 0 Å². The average Bonchev–Trinajstić information content (AvgIpc) is 3.41. The van der Waals surface area contributed by atoms with Crippen LogP contribution in [0.25, 0.3) is 10.9 Å². The van der Waals surface area contributed by atoms with E-state index in [1.165, 1.54) is 12.8 Å². The van der Waals surface area contributed by atoms with Crippen LogP contribution in [-0.4, -0.2) is 71.2 Å². The first-order valence-corrected chi connectivity index (χ1v) is 10.8. The van der Waals surface area contributed by atoms with Crippen molar-refractivity contribution in [3.8, 4) is 5.75 Å². The van der Waals surface area contributed by atoms with Crippen molar-refractivity contribution in [1.29, 1.82) is 0 Å². The molecule has 6 nitrogen and oxygen atoms in total. The van der Waals surface area contributed by atoms with Gasteiger partial charge in [-0.15, -0.1) is 0 Å². The minimum atomic E-state index is -0.275. The number of rotatable bonds is 3. The first-order chi connectivity index (χ1) is 14.1. The molecule has 1 aliphatic carbocycles. The molecule has 6 heteroatoms. The topological polar surface area (TPSA) is 65.9 Å². The summed E-state index contributed by atoms with van der Waals surface area (Å²) in [5.74, 6) is 1.50. The molecule has 2 aromatic rings. The van der Waals surface area contributed by atoms with Crippen LogP contribution < -0.4 is 4.74 Å². The molecule has 2 aliphatic heterocycles. The van der Waals surface area contributed by atoms with Crippen molar-refractivity contribution in [2.24, 2.45) is 11.8 Å². The predicted octanol–water partition coefficient (Wildman–Crippen LogP) is 2.55. The van der Waals surface area contributed by atoms with E-state index in [4.69, 9.17) is 4.74 Å². The van der Waals surface area contributed by atoms with Crippen LogP contribution in [0.5, 0.6) is 5.75 Å². The first-order valence-electron chi connectivity index (χ1n) is 10.8. The smallest absolute Gasteiger partial charge is 0.272 e. The van der Waals surface area contributed by atoms with Crippen LogP contribution in [0.4, 0.5) is 0 Å². The highest BCUT2D eigenvalue weighted by Gasteiger charge is 2.45. The monoisotopic (exact) mass is 395 g/mol.